The number of rotatable bonds is 5. The zero-order valence-electron chi connectivity index (χ0n) is 13.2. The minimum Gasteiger partial charge on any atom is -0.478 e. The number of carbonyl (C=O) groups excluding carboxylic acids is 1. The van der Waals surface area contributed by atoms with Crippen molar-refractivity contribution >= 4 is 11.9 Å². The van der Waals surface area contributed by atoms with Gasteiger partial charge in [-0.3, -0.25) is 4.79 Å². The molecule has 1 saturated carbocycles. The van der Waals surface area contributed by atoms with Gasteiger partial charge in [0.2, 0.25) is 5.91 Å². The Morgan fingerprint density at radius 1 is 1.18 bits per heavy atom. The van der Waals surface area contributed by atoms with Gasteiger partial charge in [0, 0.05) is 12.5 Å². The van der Waals surface area contributed by atoms with Crippen LogP contribution in [-0.2, 0) is 11.2 Å². The lowest BCUT2D eigenvalue weighted by Crippen LogP contribution is -2.34. The van der Waals surface area contributed by atoms with E-state index in [-0.39, 0.29) is 11.9 Å². The molecule has 0 radical (unpaired) electrons. The summed E-state index contributed by atoms with van der Waals surface area (Å²) < 4.78 is 0. The molecule has 0 spiro atoms. The number of hydrogen-bond acceptors (Lipinski definition) is 2. The van der Waals surface area contributed by atoms with Gasteiger partial charge in [-0.15, -0.1) is 0 Å². The molecule has 2 atom stereocenters. The number of carboxylic acid groups (broad SMARTS) is 1. The molecule has 2 N–H and O–H groups in total. The van der Waals surface area contributed by atoms with Gasteiger partial charge in [0.05, 0.1) is 5.56 Å². The smallest absolute Gasteiger partial charge is 0.335 e. The highest BCUT2D eigenvalue weighted by Crippen LogP contribution is 2.22. The van der Waals surface area contributed by atoms with Crippen LogP contribution in [0, 0.1) is 5.92 Å². The highest BCUT2D eigenvalue weighted by Gasteiger charge is 2.18. The van der Waals surface area contributed by atoms with Gasteiger partial charge in [0.1, 0.15) is 0 Å². The summed E-state index contributed by atoms with van der Waals surface area (Å²) in [5.41, 5.74) is 1.01. The molecule has 2 unspecified atom stereocenters. The molecule has 0 aliphatic heterocycles. The number of amides is 1. The SMILES string of the molecule is CC1CCCC(NC(=O)CCc2ccccc2C(=O)O)CC1. The lowest BCUT2D eigenvalue weighted by Gasteiger charge is -2.16. The van der Waals surface area contributed by atoms with Crippen LogP contribution in [0.25, 0.3) is 0 Å². The van der Waals surface area contributed by atoms with E-state index in [4.69, 9.17) is 5.11 Å². The standard InChI is InChI=1S/C18H25NO3/c1-13-5-4-7-15(11-9-13)19-17(20)12-10-14-6-2-3-8-16(14)18(21)22/h2-3,6,8,13,15H,4-5,7,9-12H2,1H3,(H,19,20)(H,21,22). The largest absolute Gasteiger partial charge is 0.478 e. The van der Waals surface area contributed by atoms with E-state index in [0.29, 0.717) is 18.4 Å². The summed E-state index contributed by atoms with van der Waals surface area (Å²) in [5, 5.41) is 12.3. The number of carboxylic acids is 1. The fourth-order valence-corrected chi connectivity index (χ4v) is 3.13. The number of carbonyl (C=O) groups is 2. The molecule has 0 heterocycles. The average molecular weight is 303 g/mol. The van der Waals surface area contributed by atoms with Crippen LogP contribution in [0.4, 0.5) is 0 Å². The van der Waals surface area contributed by atoms with Gasteiger partial charge in [-0.05, 0) is 43.2 Å². The molecule has 22 heavy (non-hydrogen) atoms. The van der Waals surface area contributed by atoms with Crippen molar-refractivity contribution in [3.8, 4) is 0 Å². The van der Waals surface area contributed by atoms with E-state index in [9.17, 15) is 9.59 Å². The summed E-state index contributed by atoms with van der Waals surface area (Å²) in [5.74, 6) is -0.155. The molecule has 2 rings (SSSR count). The van der Waals surface area contributed by atoms with E-state index >= 15 is 0 Å². The molecular weight excluding hydrogens is 278 g/mol. The molecule has 4 heteroatoms. The van der Waals surface area contributed by atoms with E-state index in [0.717, 1.165) is 24.3 Å². The minimum absolute atomic E-state index is 0.0275. The number of aryl methyl sites for hydroxylation is 1. The van der Waals surface area contributed by atoms with E-state index in [2.05, 4.69) is 12.2 Å². The maximum absolute atomic E-state index is 12.1. The van der Waals surface area contributed by atoms with Crippen molar-refractivity contribution in [1.29, 1.82) is 0 Å². The van der Waals surface area contributed by atoms with Crippen LogP contribution in [0.1, 0.15) is 61.4 Å². The lowest BCUT2D eigenvalue weighted by atomic mass is 10.0. The van der Waals surface area contributed by atoms with Crippen LogP contribution in [0.15, 0.2) is 24.3 Å². The van der Waals surface area contributed by atoms with Crippen LogP contribution in [0.2, 0.25) is 0 Å². The molecular formula is C18H25NO3. The van der Waals surface area contributed by atoms with Crippen molar-refractivity contribution in [2.45, 2.75) is 57.9 Å². The predicted molar refractivity (Wildman–Crippen MR) is 85.9 cm³/mol. The first-order valence-electron chi connectivity index (χ1n) is 8.17. The molecule has 0 bridgehead atoms. The third-order valence-electron chi connectivity index (χ3n) is 4.49. The zero-order valence-corrected chi connectivity index (χ0v) is 13.2. The third kappa shape index (κ3) is 4.86. The van der Waals surface area contributed by atoms with Crippen molar-refractivity contribution in [1.82, 2.24) is 5.32 Å². The molecule has 1 aromatic carbocycles. The molecule has 4 nitrogen and oxygen atoms in total. The van der Waals surface area contributed by atoms with E-state index < -0.39 is 5.97 Å². The Hall–Kier alpha value is -1.84. The Bertz CT molecular complexity index is 527. The van der Waals surface area contributed by atoms with Gasteiger partial charge < -0.3 is 10.4 Å². The van der Waals surface area contributed by atoms with Crippen molar-refractivity contribution in [3.63, 3.8) is 0 Å². The van der Waals surface area contributed by atoms with Crippen LogP contribution in [0.3, 0.4) is 0 Å². The number of nitrogens with one attached hydrogen (secondary N) is 1. The summed E-state index contributed by atoms with van der Waals surface area (Å²) in [6.45, 7) is 2.27. The maximum atomic E-state index is 12.1. The van der Waals surface area contributed by atoms with Gasteiger partial charge in [0.15, 0.2) is 0 Å². The van der Waals surface area contributed by atoms with Crippen molar-refractivity contribution < 1.29 is 14.7 Å². The van der Waals surface area contributed by atoms with E-state index in [1.807, 2.05) is 6.07 Å². The molecule has 1 aromatic rings. The van der Waals surface area contributed by atoms with Gasteiger partial charge >= 0.3 is 5.97 Å². The number of aromatic carboxylic acids is 1. The van der Waals surface area contributed by atoms with Gasteiger partial charge in [0.25, 0.3) is 0 Å². The Morgan fingerprint density at radius 2 is 1.95 bits per heavy atom. The molecule has 0 saturated heterocycles. The Kier molecular flexibility index (Phi) is 5.99. The van der Waals surface area contributed by atoms with E-state index in [1.54, 1.807) is 18.2 Å². The van der Waals surface area contributed by atoms with Crippen LogP contribution < -0.4 is 5.32 Å². The quantitative estimate of drug-likeness (QED) is 0.819. The van der Waals surface area contributed by atoms with Crippen LogP contribution in [-0.4, -0.2) is 23.0 Å². The third-order valence-corrected chi connectivity index (χ3v) is 4.49. The summed E-state index contributed by atoms with van der Waals surface area (Å²) in [4.78, 5) is 23.3. The first-order chi connectivity index (χ1) is 10.6. The first kappa shape index (κ1) is 16.5. The number of hydrogen-bond donors (Lipinski definition) is 2. The molecule has 1 aliphatic carbocycles. The maximum Gasteiger partial charge on any atom is 0.335 e. The second-order valence-corrected chi connectivity index (χ2v) is 6.34. The highest BCUT2D eigenvalue weighted by molar-refractivity contribution is 5.89. The highest BCUT2D eigenvalue weighted by atomic mass is 16.4. The molecule has 120 valence electrons. The Balaban J connectivity index is 1.84. The Labute approximate surface area is 131 Å². The second-order valence-electron chi connectivity index (χ2n) is 6.34. The fraction of sp³-hybridized carbons (Fsp3) is 0.556. The summed E-state index contributed by atoms with van der Waals surface area (Å²) in [7, 11) is 0. The zero-order chi connectivity index (χ0) is 15.9. The van der Waals surface area contributed by atoms with Crippen molar-refractivity contribution in [3.05, 3.63) is 35.4 Å². The molecule has 0 aromatic heterocycles. The molecule has 1 amide bonds. The predicted octanol–water partition coefficient (Wildman–Crippen LogP) is 3.40. The van der Waals surface area contributed by atoms with Gasteiger partial charge in [-0.2, -0.15) is 0 Å². The topological polar surface area (TPSA) is 66.4 Å². The Morgan fingerprint density at radius 3 is 2.73 bits per heavy atom. The average Bonchev–Trinajstić information content (AvgIpc) is 2.70. The molecule has 1 aliphatic rings. The monoisotopic (exact) mass is 303 g/mol. The molecule has 1 fully saturated rings. The fourth-order valence-electron chi connectivity index (χ4n) is 3.13. The van der Waals surface area contributed by atoms with Crippen molar-refractivity contribution in [2.75, 3.05) is 0 Å². The van der Waals surface area contributed by atoms with Crippen LogP contribution >= 0.6 is 0 Å². The number of benzene rings is 1. The second kappa shape index (κ2) is 7.97. The first-order valence-corrected chi connectivity index (χ1v) is 8.17. The minimum atomic E-state index is -0.936. The van der Waals surface area contributed by atoms with Crippen LogP contribution in [0.5, 0.6) is 0 Å². The normalized spacial score (nSPS) is 21.9. The van der Waals surface area contributed by atoms with E-state index in [1.165, 1.54) is 19.3 Å². The van der Waals surface area contributed by atoms with Crippen molar-refractivity contribution in [2.24, 2.45) is 5.92 Å². The van der Waals surface area contributed by atoms with Gasteiger partial charge in [-0.25, -0.2) is 4.79 Å². The summed E-state index contributed by atoms with van der Waals surface area (Å²) in [6.07, 6.45) is 6.52. The van der Waals surface area contributed by atoms with Gasteiger partial charge in [-0.1, -0.05) is 38.0 Å². The summed E-state index contributed by atoms with van der Waals surface area (Å²) in [6, 6.07) is 7.17. The summed E-state index contributed by atoms with van der Waals surface area (Å²) >= 11 is 0. The lowest BCUT2D eigenvalue weighted by molar-refractivity contribution is -0.121.